The van der Waals surface area contributed by atoms with E-state index in [1.165, 1.54) is 38.5 Å². The Morgan fingerprint density at radius 1 is 0.600 bits per heavy atom. The minimum absolute atomic E-state index is 1.14. The van der Waals surface area contributed by atoms with Crippen molar-refractivity contribution in [3.05, 3.63) is 0 Å². The highest BCUT2D eigenvalue weighted by Crippen LogP contribution is 2.37. The van der Waals surface area contributed by atoms with Gasteiger partial charge in [-0.3, -0.25) is 0 Å². The van der Waals surface area contributed by atoms with E-state index in [1.807, 2.05) is 0 Å². The van der Waals surface area contributed by atoms with Crippen LogP contribution < -0.4 is 0 Å². The first-order valence-corrected chi connectivity index (χ1v) is 7.86. The van der Waals surface area contributed by atoms with Crippen molar-refractivity contribution in [1.82, 2.24) is 0 Å². The molecule has 2 nitrogen and oxygen atoms in total. The maximum atomic E-state index is 7.26. The van der Waals surface area contributed by atoms with E-state index in [-0.39, 0.29) is 0 Å². The smallest absolute Gasteiger partial charge is 0.299 e. The molecule has 0 radical (unpaired) electrons. The molecule has 0 unspecified atom stereocenters. The minimum Gasteiger partial charge on any atom is -0.415 e. The lowest BCUT2D eigenvalue weighted by atomic mass is 9.73. The van der Waals surface area contributed by atoms with E-state index in [0.29, 0.717) is 0 Å². The van der Waals surface area contributed by atoms with Crippen molar-refractivity contribution >= 4 is 10.0 Å². The zero-order valence-electron chi connectivity index (χ0n) is 9.83. The Hall–Kier alpha value is 0.137. The summed E-state index contributed by atoms with van der Waals surface area (Å²) < 4.78 is 0. The molecule has 2 fully saturated rings. The van der Waals surface area contributed by atoms with Gasteiger partial charge in [-0.2, -0.15) is 0 Å². The molecule has 0 heterocycles. The van der Waals surface area contributed by atoms with Crippen molar-refractivity contribution in [1.29, 1.82) is 0 Å². The second-order valence-corrected chi connectivity index (χ2v) is 5.22. The lowest BCUT2D eigenvalue weighted by Crippen LogP contribution is -2.20. The summed E-state index contributed by atoms with van der Waals surface area (Å²) in [6, 6.07) is 0. The van der Waals surface area contributed by atoms with Gasteiger partial charge in [-0.05, 0) is 11.8 Å². The Morgan fingerprint density at radius 2 is 0.867 bits per heavy atom. The second kappa shape index (κ2) is 8.31. The van der Waals surface area contributed by atoms with Crippen LogP contribution in [-0.2, 0) is 0 Å². The first kappa shape index (κ1) is 13.2. The fourth-order valence-corrected chi connectivity index (χ4v) is 3.21. The van der Waals surface area contributed by atoms with Crippen LogP contribution in [0, 0.1) is 11.8 Å². The highest BCUT2D eigenvalue weighted by atomic mass is 28.2. The van der Waals surface area contributed by atoms with Crippen molar-refractivity contribution in [3.63, 3.8) is 0 Å². The summed E-state index contributed by atoms with van der Waals surface area (Å²) in [5.41, 5.74) is 0. The third-order valence-electron chi connectivity index (χ3n) is 3.97. The van der Waals surface area contributed by atoms with Crippen molar-refractivity contribution < 1.29 is 9.59 Å². The average Bonchev–Trinajstić information content (AvgIpc) is 2.32. The van der Waals surface area contributed by atoms with Crippen molar-refractivity contribution in [3.8, 4) is 0 Å². The van der Waals surface area contributed by atoms with E-state index in [1.54, 1.807) is 25.7 Å². The van der Waals surface area contributed by atoms with E-state index in [2.05, 4.69) is 0 Å². The molecule has 0 amide bonds. The molecule has 0 saturated heterocycles. The highest BCUT2D eigenvalue weighted by molar-refractivity contribution is 6.13. The van der Waals surface area contributed by atoms with Gasteiger partial charge in [0.2, 0.25) is 0 Å². The maximum Gasteiger partial charge on any atom is 0.299 e. The Balaban J connectivity index is 0.000000337. The fourth-order valence-electron chi connectivity index (χ4n) is 3.21. The quantitative estimate of drug-likeness (QED) is 0.677. The van der Waals surface area contributed by atoms with Crippen LogP contribution in [0.4, 0.5) is 0 Å². The van der Waals surface area contributed by atoms with Gasteiger partial charge in [0.1, 0.15) is 0 Å². The predicted octanol–water partition coefficient (Wildman–Crippen LogP) is 2.12. The summed E-state index contributed by atoms with van der Waals surface area (Å²) in [6.45, 7) is 0. The van der Waals surface area contributed by atoms with Crippen molar-refractivity contribution in [2.45, 2.75) is 64.2 Å². The Bertz CT molecular complexity index is 125. The summed E-state index contributed by atoms with van der Waals surface area (Å²) in [7, 11) is -1.58. The molecule has 15 heavy (non-hydrogen) atoms. The first-order chi connectivity index (χ1) is 7.38. The zero-order valence-corrected chi connectivity index (χ0v) is 11.2. The molecule has 90 valence electrons. The van der Waals surface area contributed by atoms with Gasteiger partial charge in [-0.15, -0.1) is 0 Å². The van der Waals surface area contributed by atoms with Crippen LogP contribution >= 0.6 is 0 Å². The van der Waals surface area contributed by atoms with E-state index < -0.39 is 10.0 Å². The number of hydrogen-bond acceptors (Lipinski definition) is 2. The Kier molecular flexibility index (Phi) is 7.31. The summed E-state index contributed by atoms with van der Waals surface area (Å²) in [4.78, 5) is 14.5. The predicted molar refractivity (Wildman–Crippen MR) is 66.1 cm³/mol. The first-order valence-electron chi connectivity index (χ1n) is 6.60. The van der Waals surface area contributed by atoms with Crippen LogP contribution in [0.5, 0.6) is 0 Å². The molecule has 0 aromatic rings. The SMILES string of the molecule is C1CCC(C2CCCCC2)CC1.O[SiH2]O. The number of hydrogen-bond donors (Lipinski definition) is 2. The zero-order chi connectivity index (χ0) is 10.9. The molecule has 2 saturated carbocycles. The molecule has 3 heteroatoms. The molecule has 2 aliphatic carbocycles. The molecule has 0 bridgehead atoms. The van der Waals surface area contributed by atoms with Crippen LogP contribution in [-0.4, -0.2) is 19.6 Å². The van der Waals surface area contributed by atoms with Gasteiger partial charge >= 0.3 is 0 Å². The largest absolute Gasteiger partial charge is 0.415 e. The second-order valence-electron chi connectivity index (χ2n) is 4.94. The summed E-state index contributed by atoms with van der Waals surface area (Å²) >= 11 is 0. The molecule has 0 aromatic carbocycles. The fraction of sp³-hybridized carbons (Fsp3) is 1.00. The normalized spacial score (nSPS) is 24.4. The third-order valence-corrected chi connectivity index (χ3v) is 3.97. The molecule has 2 N–H and O–H groups in total. The topological polar surface area (TPSA) is 40.5 Å². The van der Waals surface area contributed by atoms with E-state index in [4.69, 9.17) is 9.59 Å². The van der Waals surface area contributed by atoms with E-state index in [9.17, 15) is 0 Å². The lowest BCUT2D eigenvalue weighted by molar-refractivity contribution is 0.196. The van der Waals surface area contributed by atoms with Gasteiger partial charge in [0.05, 0.1) is 0 Å². The monoisotopic (exact) mass is 230 g/mol. The van der Waals surface area contributed by atoms with Gasteiger partial charge < -0.3 is 9.59 Å². The minimum atomic E-state index is -1.58. The molecule has 0 aromatic heterocycles. The van der Waals surface area contributed by atoms with Crippen LogP contribution in [0.1, 0.15) is 64.2 Å². The molecule has 0 spiro atoms. The van der Waals surface area contributed by atoms with E-state index in [0.717, 1.165) is 11.8 Å². The van der Waals surface area contributed by atoms with Crippen LogP contribution in [0.25, 0.3) is 0 Å². The standard InChI is InChI=1S/C12H22.H4O2Si/c1-3-7-11(8-4-1)12-9-5-2-6-10-12;1-3-2/h11-12H,1-10H2;1-2H,3H2. The third kappa shape index (κ3) is 5.14. The molecule has 2 aliphatic rings. The average molecular weight is 230 g/mol. The molecule has 2 rings (SSSR count). The van der Waals surface area contributed by atoms with Gasteiger partial charge in [0.25, 0.3) is 10.0 Å². The Labute approximate surface area is 96.2 Å². The maximum absolute atomic E-state index is 7.26. The van der Waals surface area contributed by atoms with Gasteiger partial charge in [0.15, 0.2) is 0 Å². The molecule has 0 atom stereocenters. The lowest BCUT2D eigenvalue weighted by Gasteiger charge is -2.32. The molecule has 0 aliphatic heterocycles. The number of rotatable bonds is 1. The summed E-state index contributed by atoms with van der Waals surface area (Å²) in [5.74, 6) is 2.28. The van der Waals surface area contributed by atoms with Crippen molar-refractivity contribution in [2.24, 2.45) is 11.8 Å². The summed E-state index contributed by atoms with van der Waals surface area (Å²) in [6.07, 6.45) is 15.4. The van der Waals surface area contributed by atoms with Crippen LogP contribution in [0.2, 0.25) is 0 Å². The summed E-state index contributed by atoms with van der Waals surface area (Å²) in [5, 5.41) is 0. The van der Waals surface area contributed by atoms with Crippen LogP contribution in [0.3, 0.4) is 0 Å². The molecular weight excluding hydrogens is 204 g/mol. The van der Waals surface area contributed by atoms with Gasteiger partial charge in [-0.1, -0.05) is 64.2 Å². The van der Waals surface area contributed by atoms with Gasteiger partial charge in [0, 0.05) is 0 Å². The highest BCUT2D eigenvalue weighted by Gasteiger charge is 2.24. The van der Waals surface area contributed by atoms with E-state index >= 15 is 0 Å². The van der Waals surface area contributed by atoms with Crippen molar-refractivity contribution in [2.75, 3.05) is 0 Å². The van der Waals surface area contributed by atoms with Crippen LogP contribution in [0.15, 0.2) is 0 Å². The molecular formula is C12H26O2Si. The van der Waals surface area contributed by atoms with Gasteiger partial charge in [-0.25, -0.2) is 0 Å². The Morgan fingerprint density at radius 3 is 1.13 bits per heavy atom.